The molecule has 0 saturated carbocycles. The van der Waals surface area contributed by atoms with Crippen LogP contribution in [-0.4, -0.2) is 40.6 Å². The minimum absolute atomic E-state index is 0.951. The maximum atomic E-state index is 4.79. The Morgan fingerprint density at radius 2 is 2.12 bits per heavy atom. The Morgan fingerprint density at radius 1 is 1.29 bits per heavy atom. The number of likely N-dealkylation sites (tertiary alicyclic amines) is 1. The predicted molar refractivity (Wildman–Crippen MR) is 68.0 cm³/mol. The van der Waals surface area contributed by atoms with Crippen molar-refractivity contribution in [3.8, 4) is 0 Å². The third-order valence-electron chi connectivity index (χ3n) is 4.07. The minimum atomic E-state index is 0.951. The first-order valence-electron chi connectivity index (χ1n) is 6.81. The summed E-state index contributed by atoms with van der Waals surface area (Å²) in [7, 11) is 2.18. The van der Waals surface area contributed by atoms with E-state index in [0.29, 0.717) is 0 Å². The third-order valence-corrected chi connectivity index (χ3v) is 4.07. The van der Waals surface area contributed by atoms with Crippen LogP contribution in [0.5, 0.6) is 0 Å². The normalized spacial score (nSPS) is 20.8. The molecule has 3 rings (SSSR count). The summed E-state index contributed by atoms with van der Waals surface area (Å²) in [5.41, 5.74) is 2.72. The van der Waals surface area contributed by atoms with Gasteiger partial charge in [-0.15, -0.1) is 0 Å². The molecule has 4 nitrogen and oxygen atoms in total. The Balaban J connectivity index is 1.68. The SMILES string of the molecule is Cn1c(CCN2CCCC2)nc2c1CCNC2. The van der Waals surface area contributed by atoms with E-state index in [1.54, 1.807) is 0 Å². The van der Waals surface area contributed by atoms with Gasteiger partial charge in [0.05, 0.1) is 5.69 Å². The van der Waals surface area contributed by atoms with Crippen LogP contribution in [0.3, 0.4) is 0 Å². The highest BCUT2D eigenvalue weighted by atomic mass is 15.2. The highest BCUT2D eigenvalue weighted by molar-refractivity contribution is 5.20. The second-order valence-electron chi connectivity index (χ2n) is 5.21. The van der Waals surface area contributed by atoms with E-state index in [9.17, 15) is 0 Å². The molecule has 1 aromatic heterocycles. The molecule has 0 atom stereocenters. The fourth-order valence-corrected chi connectivity index (χ4v) is 3.00. The van der Waals surface area contributed by atoms with Crippen LogP contribution in [-0.2, 0) is 26.4 Å². The van der Waals surface area contributed by atoms with Gasteiger partial charge in [0.25, 0.3) is 0 Å². The second-order valence-corrected chi connectivity index (χ2v) is 5.21. The van der Waals surface area contributed by atoms with Crippen LogP contribution in [0.15, 0.2) is 0 Å². The summed E-state index contributed by atoms with van der Waals surface area (Å²) >= 11 is 0. The summed E-state index contributed by atoms with van der Waals surface area (Å²) in [6.07, 6.45) is 4.98. The van der Waals surface area contributed by atoms with Crippen LogP contribution in [0.2, 0.25) is 0 Å². The fourth-order valence-electron chi connectivity index (χ4n) is 3.00. The van der Waals surface area contributed by atoms with Gasteiger partial charge in [0.2, 0.25) is 0 Å². The molecule has 1 N–H and O–H groups in total. The largest absolute Gasteiger partial charge is 0.335 e. The smallest absolute Gasteiger partial charge is 0.110 e. The van der Waals surface area contributed by atoms with Crippen LogP contribution in [0.1, 0.15) is 30.1 Å². The van der Waals surface area contributed by atoms with Gasteiger partial charge >= 0.3 is 0 Å². The molecule has 0 aliphatic carbocycles. The number of hydrogen-bond donors (Lipinski definition) is 1. The molecule has 1 aromatic rings. The highest BCUT2D eigenvalue weighted by Gasteiger charge is 2.18. The van der Waals surface area contributed by atoms with Crippen molar-refractivity contribution in [2.45, 2.75) is 32.2 Å². The molecule has 3 heterocycles. The van der Waals surface area contributed by atoms with Gasteiger partial charge in [-0.05, 0) is 25.9 Å². The molecule has 2 aliphatic rings. The van der Waals surface area contributed by atoms with Gasteiger partial charge in [0.1, 0.15) is 5.82 Å². The van der Waals surface area contributed by atoms with E-state index in [4.69, 9.17) is 4.98 Å². The fraction of sp³-hybridized carbons (Fsp3) is 0.769. The third kappa shape index (κ3) is 2.24. The van der Waals surface area contributed by atoms with Crippen molar-refractivity contribution in [2.24, 2.45) is 7.05 Å². The lowest BCUT2D eigenvalue weighted by molar-refractivity contribution is 0.339. The number of aromatic nitrogens is 2. The number of nitrogens with one attached hydrogen (secondary N) is 1. The average molecular weight is 234 g/mol. The van der Waals surface area contributed by atoms with Crippen molar-refractivity contribution in [2.75, 3.05) is 26.2 Å². The zero-order valence-electron chi connectivity index (χ0n) is 10.7. The van der Waals surface area contributed by atoms with Gasteiger partial charge in [-0.2, -0.15) is 0 Å². The second kappa shape index (κ2) is 4.78. The Bertz CT molecular complexity index is 390. The molecule has 0 amide bonds. The van der Waals surface area contributed by atoms with E-state index in [2.05, 4.69) is 21.8 Å². The van der Waals surface area contributed by atoms with Crippen molar-refractivity contribution in [1.29, 1.82) is 0 Å². The monoisotopic (exact) mass is 234 g/mol. The maximum absolute atomic E-state index is 4.79. The van der Waals surface area contributed by atoms with Crippen LogP contribution < -0.4 is 5.32 Å². The molecule has 1 saturated heterocycles. The summed E-state index contributed by atoms with van der Waals surface area (Å²) in [6.45, 7) is 5.79. The standard InChI is InChI=1S/C13H22N4/c1-16-12-4-6-14-10-11(12)15-13(16)5-9-17-7-2-3-8-17/h14H,2-10H2,1H3. The van der Waals surface area contributed by atoms with Crippen molar-refractivity contribution >= 4 is 0 Å². The number of hydrogen-bond acceptors (Lipinski definition) is 3. The van der Waals surface area contributed by atoms with E-state index in [0.717, 1.165) is 25.9 Å². The van der Waals surface area contributed by atoms with Crippen molar-refractivity contribution in [3.63, 3.8) is 0 Å². The Kier molecular flexibility index (Phi) is 3.16. The first-order valence-corrected chi connectivity index (χ1v) is 6.81. The molecule has 4 heteroatoms. The van der Waals surface area contributed by atoms with Crippen LogP contribution in [0, 0.1) is 0 Å². The lowest BCUT2D eigenvalue weighted by atomic mass is 10.2. The zero-order valence-corrected chi connectivity index (χ0v) is 10.7. The molecule has 1 fully saturated rings. The Labute approximate surface area is 103 Å². The van der Waals surface area contributed by atoms with E-state index in [1.165, 1.54) is 49.7 Å². The quantitative estimate of drug-likeness (QED) is 0.836. The Morgan fingerprint density at radius 3 is 2.88 bits per heavy atom. The summed E-state index contributed by atoms with van der Waals surface area (Å²) in [5.74, 6) is 1.27. The van der Waals surface area contributed by atoms with E-state index in [1.807, 2.05) is 0 Å². The molecule has 94 valence electrons. The first-order chi connectivity index (χ1) is 8.34. The molecule has 0 unspecified atom stereocenters. The van der Waals surface area contributed by atoms with Crippen molar-refractivity contribution in [1.82, 2.24) is 19.8 Å². The molecule has 0 radical (unpaired) electrons. The van der Waals surface area contributed by atoms with Crippen LogP contribution in [0.4, 0.5) is 0 Å². The van der Waals surface area contributed by atoms with Crippen LogP contribution >= 0.6 is 0 Å². The highest BCUT2D eigenvalue weighted by Crippen LogP contribution is 2.16. The molecular formula is C13H22N4. The average Bonchev–Trinajstić information content (AvgIpc) is 2.96. The molecule has 0 aromatic carbocycles. The molecule has 2 aliphatic heterocycles. The maximum Gasteiger partial charge on any atom is 0.110 e. The molecule has 0 spiro atoms. The topological polar surface area (TPSA) is 33.1 Å². The predicted octanol–water partition coefficient (Wildman–Crippen LogP) is 0.704. The summed E-state index contributed by atoms with van der Waals surface area (Å²) < 4.78 is 2.33. The molecular weight excluding hydrogens is 212 g/mol. The van der Waals surface area contributed by atoms with Crippen molar-refractivity contribution in [3.05, 3.63) is 17.2 Å². The van der Waals surface area contributed by atoms with Gasteiger partial charge in [-0.25, -0.2) is 4.98 Å². The van der Waals surface area contributed by atoms with E-state index < -0.39 is 0 Å². The van der Waals surface area contributed by atoms with Crippen molar-refractivity contribution < 1.29 is 0 Å². The molecule has 0 bridgehead atoms. The first kappa shape index (κ1) is 11.2. The number of fused-ring (bicyclic) bond motifs is 1. The molecule has 17 heavy (non-hydrogen) atoms. The Hall–Kier alpha value is -0.870. The van der Waals surface area contributed by atoms with Gasteiger partial charge in [0.15, 0.2) is 0 Å². The summed E-state index contributed by atoms with van der Waals surface area (Å²) in [5, 5.41) is 3.39. The van der Waals surface area contributed by atoms with E-state index in [-0.39, 0.29) is 0 Å². The lowest BCUT2D eigenvalue weighted by Crippen LogP contribution is -2.24. The van der Waals surface area contributed by atoms with Gasteiger partial charge in [-0.1, -0.05) is 0 Å². The van der Waals surface area contributed by atoms with Gasteiger partial charge in [-0.3, -0.25) is 0 Å². The van der Waals surface area contributed by atoms with Gasteiger partial charge < -0.3 is 14.8 Å². The number of nitrogens with zero attached hydrogens (tertiary/aromatic N) is 3. The van der Waals surface area contributed by atoms with Crippen LogP contribution in [0.25, 0.3) is 0 Å². The number of rotatable bonds is 3. The summed E-state index contributed by atoms with van der Waals surface area (Å²) in [6, 6.07) is 0. The lowest BCUT2D eigenvalue weighted by Gasteiger charge is -2.14. The summed E-state index contributed by atoms with van der Waals surface area (Å²) in [4.78, 5) is 7.35. The van der Waals surface area contributed by atoms with Gasteiger partial charge in [0, 0.05) is 45.2 Å². The zero-order chi connectivity index (χ0) is 11.7. The van der Waals surface area contributed by atoms with E-state index >= 15 is 0 Å². The number of imidazole rings is 1. The minimum Gasteiger partial charge on any atom is -0.335 e.